The standard InChI is InChI=1S/C16H20N2O/c1-12(17)13-4-6-14(7-5-13)18(2)15-8-10-16(19-3)11-9-15/h4-12H,17H2,1-3H3/t12-/m0/s1. The molecule has 0 aromatic heterocycles. The Kier molecular flexibility index (Phi) is 4.07. The maximum Gasteiger partial charge on any atom is 0.119 e. The van der Waals surface area contributed by atoms with Crippen LogP contribution in [-0.4, -0.2) is 14.2 Å². The predicted molar refractivity (Wildman–Crippen MR) is 80.1 cm³/mol. The molecule has 0 aliphatic heterocycles. The molecule has 2 aromatic rings. The quantitative estimate of drug-likeness (QED) is 0.910. The van der Waals surface area contributed by atoms with E-state index in [-0.39, 0.29) is 6.04 Å². The van der Waals surface area contributed by atoms with Gasteiger partial charge in [0, 0.05) is 24.5 Å². The molecule has 0 aliphatic carbocycles. The fraction of sp³-hybridized carbons (Fsp3) is 0.250. The van der Waals surface area contributed by atoms with Crippen LogP contribution in [0.4, 0.5) is 11.4 Å². The lowest BCUT2D eigenvalue weighted by molar-refractivity contribution is 0.415. The van der Waals surface area contributed by atoms with Gasteiger partial charge in [0.05, 0.1) is 7.11 Å². The van der Waals surface area contributed by atoms with Gasteiger partial charge in [0.25, 0.3) is 0 Å². The lowest BCUT2D eigenvalue weighted by atomic mass is 10.1. The molecule has 0 heterocycles. The average molecular weight is 256 g/mol. The van der Waals surface area contributed by atoms with Crippen LogP contribution in [0.3, 0.4) is 0 Å². The Morgan fingerprint density at radius 1 is 0.947 bits per heavy atom. The Labute approximate surface area is 114 Å². The number of hydrogen-bond acceptors (Lipinski definition) is 3. The summed E-state index contributed by atoms with van der Waals surface area (Å²) in [5, 5.41) is 0. The van der Waals surface area contributed by atoms with Crippen LogP contribution < -0.4 is 15.4 Å². The van der Waals surface area contributed by atoms with E-state index in [9.17, 15) is 0 Å². The Morgan fingerprint density at radius 3 is 1.84 bits per heavy atom. The predicted octanol–water partition coefficient (Wildman–Crippen LogP) is 3.48. The fourth-order valence-corrected chi connectivity index (χ4v) is 1.96. The van der Waals surface area contributed by atoms with E-state index < -0.39 is 0 Å². The first kappa shape index (κ1) is 13.4. The summed E-state index contributed by atoms with van der Waals surface area (Å²) in [5.41, 5.74) is 9.25. The number of ether oxygens (including phenoxy) is 1. The first-order chi connectivity index (χ1) is 9.11. The monoisotopic (exact) mass is 256 g/mol. The summed E-state index contributed by atoms with van der Waals surface area (Å²) in [5.74, 6) is 0.865. The second-order valence-corrected chi connectivity index (χ2v) is 4.64. The van der Waals surface area contributed by atoms with Crippen LogP contribution in [0, 0.1) is 0 Å². The van der Waals surface area contributed by atoms with Gasteiger partial charge in [0.15, 0.2) is 0 Å². The molecule has 100 valence electrons. The summed E-state index contributed by atoms with van der Waals surface area (Å²) < 4.78 is 5.16. The van der Waals surface area contributed by atoms with E-state index in [0.717, 1.165) is 22.7 Å². The van der Waals surface area contributed by atoms with E-state index in [1.54, 1.807) is 7.11 Å². The molecule has 0 aliphatic rings. The third kappa shape index (κ3) is 3.06. The SMILES string of the molecule is COc1ccc(N(C)c2ccc([C@H](C)N)cc2)cc1. The van der Waals surface area contributed by atoms with E-state index >= 15 is 0 Å². The van der Waals surface area contributed by atoms with Crippen molar-refractivity contribution in [2.24, 2.45) is 5.73 Å². The minimum Gasteiger partial charge on any atom is -0.497 e. The van der Waals surface area contributed by atoms with Crippen LogP contribution in [0.5, 0.6) is 5.75 Å². The van der Waals surface area contributed by atoms with Crippen molar-refractivity contribution in [2.75, 3.05) is 19.1 Å². The van der Waals surface area contributed by atoms with Gasteiger partial charge in [-0.25, -0.2) is 0 Å². The molecular weight excluding hydrogens is 236 g/mol. The summed E-state index contributed by atoms with van der Waals surface area (Å²) in [6, 6.07) is 16.4. The average Bonchev–Trinajstić information content (AvgIpc) is 2.46. The van der Waals surface area contributed by atoms with E-state index in [4.69, 9.17) is 10.5 Å². The van der Waals surface area contributed by atoms with Crippen molar-refractivity contribution in [3.63, 3.8) is 0 Å². The third-order valence-electron chi connectivity index (χ3n) is 3.27. The van der Waals surface area contributed by atoms with Gasteiger partial charge in [0.2, 0.25) is 0 Å². The molecule has 2 rings (SSSR count). The van der Waals surface area contributed by atoms with Gasteiger partial charge >= 0.3 is 0 Å². The van der Waals surface area contributed by atoms with Crippen LogP contribution in [-0.2, 0) is 0 Å². The number of anilines is 2. The molecule has 3 nitrogen and oxygen atoms in total. The molecule has 0 bridgehead atoms. The highest BCUT2D eigenvalue weighted by molar-refractivity contribution is 5.63. The summed E-state index contributed by atoms with van der Waals surface area (Å²) in [7, 11) is 3.72. The third-order valence-corrected chi connectivity index (χ3v) is 3.27. The first-order valence-corrected chi connectivity index (χ1v) is 6.35. The molecule has 0 spiro atoms. The Hall–Kier alpha value is -2.00. The van der Waals surface area contributed by atoms with Gasteiger partial charge in [-0.15, -0.1) is 0 Å². The van der Waals surface area contributed by atoms with Crippen LogP contribution in [0.25, 0.3) is 0 Å². The van der Waals surface area contributed by atoms with Crippen molar-refractivity contribution in [3.05, 3.63) is 54.1 Å². The lowest BCUT2D eigenvalue weighted by Crippen LogP contribution is -2.10. The van der Waals surface area contributed by atoms with Crippen molar-refractivity contribution in [1.82, 2.24) is 0 Å². The molecule has 0 saturated carbocycles. The van der Waals surface area contributed by atoms with E-state index in [1.807, 2.05) is 38.2 Å². The van der Waals surface area contributed by atoms with Gasteiger partial charge in [-0.05, 0) is 48.9 Å². The Morgan fingerprint density at radius 2 is 1.42 bits per heavy atom. The van der Waals surface area contributed by atoms with Crippen molar-refractivity contribution in [2.45, 2.75) is 13.0 Å². The molecule has 0 amide bonds. The van der Waals surface area contributed by atoms with E-state index in [2.05, 4.69) is 29.2 Å². The molecular formula is C16H20N2O. The summed E-state index contributed by atoms with van der Waals surface area (Å²) in [4.78, 5) is 2.13. The Balaban J connectivity index is 2.20. The minimum atomic E-state index is 0.0698. The molecule has 1 atom stereocenters. The zero-order chi connectivity index (χ0) is 13.8. The number of rotatable bonds is 4. The molecule has 2 N–H and O–H groups in total. The number of methoxy groups -OCH3 is 1. The van der Waals surface area contributed by atoms with E-state index in [1.165, 1.54) is 0 Å². The lowest BCUT2D eigenvalue weighted by Gasteiger charge is -2.20. The first-order valence-electron chi connectivity index (χ1n) is 6.35. The maximum atomic E-state index is 5.86. The molecule has 19 heavy (non-hydrogen) atoms. The number of nitrogens with two attached hydrogens (primary N) is 1. The van der Waals surface area contributed by atoms with Crippen LogP contribution >= 0.6 is 0 Å². The van der Waals surface area contributed by atoms with Crippen molar-refractivity contribution >= 4 is 11.4 Å². The van der Waals surface area contributed by atoms with Gasteiger partial charge in [0.1, 0.15) is 5.75 Å². The van der Waals surface area contributed by atoms with Crippen LogP contribution in [0.15, 0.2) is 48.5 Å². The number of hydrogen-bond donors (Lipinski definition) is 1. The molecule has 2 aromatic carbocycles. The van der Waals surface area contributed by atoms with Gasteiger partial charge < -0.3 is 15.4 Å². The normalized spacial score (nSPS) is 12.0. The molecule has 0 saturated heterocycles. The summed E-state index contributed by atoms with van der Waals surface area (Å²) in [6.07, 6.45) is 0. The van der Waals surface area contributed by atoms with Crippen molar-refractivity contribution < 1.29 is 4.74 Å². The summed E-state index contributed by atoms with van der Waals surface area (Å²) in [6.45, 7) is 1.99. The highest BCUT2D eigenvalue weighted by Gasteiger charge is 2.05. The van der Waals surface area contributed by atoms with Gasteiger partial charge in [-0.2, -0.15) is 0 Å². The largest absolute Gasteiger partial charge is 0.497 e. The highest BCUT2D eigenvalue weighted by Crippen LogP contribution is 2.26. The van der Waals surface area contributed by atoms with Crippen LogP contribution in [0.1, 0.15) is 18.5 Å². The zero-order valence-electron chi connectivity index (χ0n) is 11.6. The minimum absolute atomic E-state index is 0.0698. The molecule has 3 heteroatoms. The smallest absolute Gasteiger partial charge is 0.119 e. The van der Waals surface area contributed by atoms with Crippen molar-refractivity contribution in [3.8, 4) is 5.75 Å². The van der Waals surface area contributed by atoms with Crippen LogP contribution in [0.2, 0.25) is 0 Å². The summed E-state index contributed by atoms with van der Waals surface area (Å²) >= 11 is 0. The fourth-order valence-electron chi connectivity index (χ4n) is 1.96. The molecule has 0 unspecified atom stereocenters. The number of nitrogens with zero attached hydrogens (tertiary/aromatic N) is 1. The zero-order valence-corrected chi connectivity index (χ0v) is 11.6. The second kappa shape index (κ2) is 5.76. The second-order valence-electron chi connectivity index (χ2n) is 4.64. The van der Waals surface area contributed by atoms with Gasteiger partial charge in [-0.1, -0.05) is 12.1 Å². The molecule has 0 radical (unpaired) electrons. The Bertz CT molecular complexity index is 517. The maximum absolute atomic E-state index is 5.86. The molecule has 0 fully saturated rings. The van der Waals surface area contributed by atoms with E-state index in [0.29, 0.717) is 0 Å². The highest BCUT2D eigenvalue weighted by atomic mass is 16.5. The van der Waals surface area contributed by atoms with Crippen molar-refractivity contribution in [1.29, 1.82) is 0 Å². The number of benzene rings is 2. The van der Waals surface area contributed by atoms with Gasteiger partial charge in [-0.3, -0.25) is 0 Å². The topological polar surface area (TPSA) is 38.5 Å².